The van der Waals surface area contributed by atoms with Gasteiger partial charge in [-0.3, -0.25) is 4.79 Å². The van der Waals surface area contributed by atoms with E-state index in [9.17, 15) is 14.4 Å². The van der Waals surface area contributed by atoms with Crippen molar-refractivity contribution in [3.05, 3.63) is 28.2 Å². The summed E-state index contributed by atoms with van der Waals surface area (Å²) < 4.78 is 17.4. The molecule has 1 unspecified atom stereocenters. The van der Waals surface area contributed by atoms with Gasteiger partial charge in [-0.15, -0.1) is 0 Å². The molecular weight excluding hydrogens is 442 g/mol. The minimum Gasteiger partial charge on any atom is -0.493 e. The predicted octanol–water partition coefficient (Wildman–Crippen LogP) is 4.16. The molecule has 1 N–H and O–H groups in total. The van der Waals surface area contributed by atoms with Gasteiger partial charge in [-0.05, 0) is 51.8 Å². The molecule has 0 saturated heterocycles. The Kier molecular flexibility index (Phi) is 6.22. The van der Waals surface area contributed by atoms with Crippen molar-refractivity contribution in [2.45, 2.75) is 70.1 Å². The highest BCUT2D eigenvalue weighted by Gasteiger charge is 2.46. The van der Waals surface area contributed by atoms with Crippen molar-refractivity contribution in [1.82, 2.24) is 5.32 Å². The van der Waals surface area contributed by atoms with Gasteiger partial charge in [-0.1, -0.05) is 28.8 Å². The van der Waals surface area contributed by atoms with E-state index in [0.29, 0.717) is 24.2 Å². The van der Waals surface area contributed by atoms with Crippen molar-refractivity contribution in [2.75, 3.05) is 6.61 Å². The molecule has 8 heteroatoms. The van der Waals surface area contributed by atoms with E-state index in [1.54, 1.807) is 39.0 Å². The Morgan fingerprint density at radius 1 is 1.24 bits per heavy atom. The Hall–Kier alpha value is -2.09. The van der Waals surface area contributed by atoms with Gasteiger partial charge in [-0.2, -0.15) is 0 Å². The van der Waals surface area contributed by atoms with Crippen LogP contribution in [0.3, 0.4) is 0 Å². The first kappa shape index (κ1) is 21.6. The molecule has 0 radical (unpaired) electrons. The summed E-state index contributed by atoms with van der Waals surface area (Å²) in [5.74, 6) is -0.436. The molecule has 3 rings (SSSR count). The van der Waals surface area contributed by atoms with Crippen LogP contribution in [0.1, 0.15) is 63.2 Å². The van der Waals surface area contributed by atoms with Gasteiger partial charge >= 0.3 is 12.1 Å². The molecule has 0 spiro atoms. The lowest BCUT2D eigenvalue weighted by Gasteiger charge is -2.31. The van der Waals surface area contributed by atoms with Crippen molar-refractivity contribution in [3.63, 3.8) is 0 Å². The van der Waals surface area contributed by atoms with Gasteiger partial charge in [0.2, 0.25) is 5.78 Å². The van der Waals surface area contributed by atoms with Crippen LogP contribution in [0.15, 0.2) is 22.7 Å². The third-order valence-electron chi connectivity index (χ3n) is 4.98. The van der Waals surface area contributed by atoms with Crippen molar-refractivity contribution < 1.29 is 28.6 Å². The number of carbonyl (C=O) groups is 3. The zero-order chi connectivity index (χ0) is 21.2. The smallest absolute Gasteiger partial charge is 0.408 e. The van der Waals surface area contributed by atoms with Crippen molar-refractivity contribution >= 4 is 33.8 Å². The first-order chi connectivity index (χ1) is 13.6. The van der Waals surface area contributed by atoms with Gasteiger partial charge < -0.3 is 19.5 Å². The van der Waals surface area contributed by atoms with Gasteiger partial charge in [0.1, 0.15) is 16.9 Å². The summed E-state index contributed by atoms with van der Waals surface area (Å²) in [7, 11) is 0. The van der Waals surface area contributed by atoms with Crippen LogP contribution >= 0.6 is 15.9 Å². The molecular formula is C21H26BrNO6. The number of carbonyl (C=O) groups excluding carboxylic acids is 3. The zero-order valence-corrected chi connectivity index (χ0v) is 18.5. The number of benzene rings is 1. The number of rotatable bonds is 3. The van der Waals surface area contributed by atoms with E-state index in [0.717, 1.165) is 17.3 Å². The van der Waals surface area contributed by atoms with Crippen LogP contribution in [-0.2, 0) is 14.3 Å². The number of fused-ring (bicyclic) bond motifs is 1. The van der Waals surface area contributed by atoms with Gasteiger partial charge in [-0.25, -0.2) is 9.59 Å². The fraction of sp³-hybridized carbons (Fsp3) is 0.571. The highest BCUT2D eigenvalue weighted by Crippen LogP contribution is 2.34. The van der Waals surface area contributed by atoms with Gasteiger partial charge in [0.15, 0.2) is 6.10 Å². The van der Waals surface area contributed by atoms with Gasteiger partial charge in [0.25, 0.3) is 0 Å². The normalized spacial score (nSPS) is 20.8. The maximum absolute atomic E-state index is 13.1. The molecule has 1 aliphatic carbocycles. The molecule has 1 aromatic rings. The Balaban J connectivity index is 1.75. The highest BCUT2D eigenvalue weighted by atomic mass is 79.9. The van der Waals surface area contributed by atoms with Crippen LogP contribution < -0.4 is 10.1 Å². The van der Waals surface area contributed by atoms with E-state index in [2.05, 4.69) is 21.2 Å². The molecule has 0 bridgehead atoms. The second-order valence-electron chi connectivity index (χ2n) is 8.45. The number of halogens is 1. The van der Waals surface area contributed by atoms with Crippen LogP contribution in [0.5, 0.6) is 5.75 Å². The molecule has 1 saturated carbocycles. The third kappa shape index (κ3) is 5.10. The number of amides is 1. The number of alkyl carbamates (subject to hydrolysis) is 1. The number of hydrogen-bond donors (Lipinski definition) is 1. The Morgan fingerprint density at radius 2 is 1.93 bits per heavy atom. The lowest BCUT2D eigenvalue weighted by atomic mass is 9.97. The molecule has 1 fully saturated rings. The summed E-state index contributed by atoms with van der Waals surface area (Å²) in [6.07, 6.45) is 1.09. The summed E-state index contributed by atoms with van der Waals surface area (Å²) >= 11 is 3.36. The minimum absolute atomic E-state index is 0.249. The summed E-state index contributed by atoms with van der Waals surface area (Å²) in [5.41, 5.74) is -1.47. The van der Waals surface area contributed by atoms with E-state index >= 15 is 0 Å². The van der Waals surface area contributed by atoms with Crippen LogP contribution in [0, 0.1) is 0 Å². The number of ketones is 1. The van der Waals surface area contributed by atoms with Crippen molar-refractivity contribution in [1.29, 1.82) is 0 Å². The van der Waals surface area contributed by atoms with E-state index in [-0.39, 0.29) is 18.8 Å². The Morgan fingerprint density at radius 3 is 2.59 bits per heavy atom. The first-order valence-corrected chi connectivity index (χ1v) is 10.6. The summed E-state index contributed by atoms with van der Waals surface area (Å²) in [6, 6.07) is 5.12. The Labute approximate surface area is 178 Å². The lowest BCUT2D eigenvalue weighted by molar-refractivity contribution is -0.155. The molecule has 1 amide bonds. The monoisotopic (exact) mass is 467 g/mol. The second-order valence-corrected chi connectivity index (χ2v) is 9.37. The average molecular weight is 468 g/mol. The van der Waals surface area contributed by atoms with E-state index in [4.69, 9.17) is 14.2 Å². The molecule has 2 aliphatic rings. The quantitative estimate of drug-likeness (QED) is 0.670. The van der Waals surface area contributed by atoms with Gasteiger partial charge in [0.05, 0.1) is 12.2 Å². The molecule has 158 valence electrons. The fourth-order valence-corrected chi connectivity index (χ4v) is 3.95. The maximum Gasteiger partial charge on any atom is 0.408 e. The second kappa shape index (κ2) is 8.34. The molecule has 1 aromatic carbocycles. The van der Waals surface area contributed by atoms with Crippen molar-refractivity contribution in [2.24, 2.45) is 0 Å². The van der Waals surface area contributed by atoms with E-state index < -0.39 is 29.3 Å². The summed E-state index contributed by atoms with van der Waals surface area (Å²) in [6.45, 7) is 5.52. The predicted molar refractivity (Wildman–Crippen MR) is 109 cm³/mol. The summed E-state index contributed by atoms with van der Waals surface area (Å²) in [5, 5.41) is 2.71. The molecule has 1 atom stereocenters. The fourth-order valence-electron chi connectivity index (χ4n) is 3.61. The molecule has 1 aliphatic heterocycles. The number of Topliss-reactive ketones (excluding diaryl/α,β-unsaturated/α-hetero) is 1. The van der Waals surface area contributed by atoms with Crippen molar-refractivity contribution in [3.8, 4) is 5.75 Å². The number of esters is 1. The van der Waals surface area contributed by atoms with E-state index in [1.165, 1.54) is 0 Å². The summed E-state index contributed by atoms with van der Waals surface area (Å²) in [4.78, 5) is 38.3. The van der Waals surface area contributed by atoms with Crippen LogP contribution in [0.2, 0.25) is 0 Å². The molecule has 1 heterocycles. The molecule has 0 aromatic heterocycles. The topological polar surface area (TPSA) is 90.9 Å². The lowest BCUT2D eigenvalue weighted by Crippen LogP contribution is -2.55. The van der Waals surface area contributed by atoms with Gasteiger partial charge in [0, 0.05) is 10.9 Å². The van der Waals surface area contributed by atoms with Crippen LogP contribution in [0.25, 0.3) is 0 Å². The van der Waals surface area contributed by atoms with E-state index in [1.807, 2.05) is 0 Å². The Bertz CT molecular complexity index is 810. The SMILES string of the molecule is CC(C)(C)OC(=O)NC1(C(=O)OC2CCOc3cc(Br)ccc3C2=O)CCCC1. The molecule has 7 nitrogen and oxygen atoms in total. The first-order valence-electron chi connectivity index (χ1n) is 9.78. The zero-order valence-electron chi connectivity index (χ0n) is 16.9. The van der Waals surface area contributed by atoms with Crippen LogP contribution in [-0.4, -0.2) is 41.7 Å². The standard InChI is InChI=1S/C21H26BrNO6/c1-20(2,3)29-19(26)23-21(9-4-5-10-21)18(25)28-15-8-11-27-16-12-13(22)6-7-14(16)17(15)24/h6-7,12,15H,4-5,8-11H2,1-3H3,(H,23,26). The molecule has 29 heavy (non-hydrogen) atoms. The minimum atomic E-state index is -1.17. The largest absolute Gasteiger partial charge is 0.493 e. The van der Waals surface area contributed by atoms with Crippen LogP contribution in [0.4, 0.5) is 4.79 Å². The number of ether oxygens (including phenoxy) is 3. The third-order valence-corrected chi connectivity index (χ3v) is 5.47. The average Bonchev–Trinajstić information content (AvgIpc) is 3.02. The number of nitrogens with one attached hydrogen (secondary N) is 1. The maximum atomic E-state index is 13.1. The highest BCUT2D eigenvalue weighted by molar-refractivity contribution is 9.10. The number of hydrogen-bond acceptors (Lipinski definition) is 6.